The zero-order valence-corrected chi connectivity index (χ0v) is 15.7. The molecule has 6 heteroatoms. The standard InChI is InChI=1S/C14H20BrNO4.C2H6/c1-13(2,3)19-12(17)14(4,20-16)9-18-11-7-5-10(15)6-8-11;1-2/h5-8H,9,16H2,1-4H3;1-2H3. The summed E-state index contributed by atoms with van der Waals surface area (Å²) in [7, 11) is 0. The van der Waals surface area contributed by atoms with E-state index >= 15 is 0 Å². The van der Waals surface area contributed by atoms with Crippen LogP contribution < -0.4 is 10.6 Å². The number of carbonyl (C=O) groups excluding carboxylic acids is 1. The molecule has 0 bridgehead atoms. The first kappa shape index (κ1) is 20.9. The van der Waals surface area contributed by atoms with Crippen molar-refractivity contribution in [3.05, 3.63) is 28.7 Å². The van der Waals surface area contributed by atoms with E-state index in [0.717, 1.165) is 4.47 Å². The van der Waals surface area contributed by atoms with Crippen LogP contribution in [0.2, 0.25) is 0 Å². The molecule has 1 aromatic carbocycles. The van der Waals surface area contributed by atoms with Crippen LogP contribution in [0.15, 0.2) is 28.7 Å². The molecule has 0 saturated heterocycles. The number of ether oxygens (including phenoxy) is 2. The maximum Gasteiger partial charge on any atom is 0.344 e. The number of hydrogen-bond acceptors (Lipinski definition) is 5. The van der Waals surface area contributed by atoms with Crippen LogP contribution in [-0.4, -0.2) is 23.8 Å². The molecular formula is C16H26BrNO4. The number of hydrogen-bond donors (Lipinski definition) is 1. The number of halogens is 1. The van der Waals surface area contributed by atoms with Crippen molar-refractivity contribution in [2.45, 2.75) is 52.7 Å². The molecule has 0 saturated carbocycles. The molecule has 0 amide bonds. The monoisotopic (exact) mass is 375 g/mol. The van der Waals surface area contributed by atoms with Crippen molar-refractivity contribution in [3.8, 4) is 5.75 Å². The van der Waals surface area contributed by atoms with E-state index in [2.05, 4.69) is 15.9 Å². The highest BCUT2D eigenvalue weighted by molar-refractivity contribution is 9.10. The summed E-state index contributed by atoms with van der Waals surface area (Å²) >= 11 is 3.33. The lowest BCUT2D eigenvalue weighted by Gasteiger charge is -2.29. The van der Waals surface area contributed by atoms with Gasteiger partial charge in [-0.1, -0.05) is 29.8 Å². The molecule has 1 unspecified atom stereocenters. The molecule has 0 radical (unpaired) electrons. The summed E-state index contributed by atoms with van der Waals surface area (Å²) in [6, 6.07) is 7.22. The summed E-state index contributed by atoms with van der Waals surface area (Å²) in [6.45, 7) is 10.8. The number of esters is 1. The third-order valence-corrected chi connectivity index (χ3v) is 2.95. The van der Waals surface area contributed by atoms with Crippen molar-refractivity contribution in [2.75, 3.05) is 6.61 Å². The van der Waals surface area contributed by atoms with E-state index in [0.29, 0.717) is 5.75 Å². The fraction of sp³-hybridized carbons (Fsp3) is 0.562. The van der Waals surface area contributed by atoms with Crippen LogP contribution in [0.3, 0.4) is 0 Å². The van der Waals surface area contributed by atoms with E-state index in [9.17, 15) is 4.79 Å². The molecule has 0 aliphatic carbocycles. The van der Waals surface area contributed by atoms with Gasteiger partial charge in [-0.15, -0.1) is 0 Å². The Balaban J connectivity index is 0.00000211. The van der Waals surface area contributed by atoms with Gasteiger partial charge in [-0.2, -0.15) is 0 Å². The summed E-state index contributed by atoms with van der Waals surface area (Å²) in [4.78, 5) is 16.9. The largest absolute Gasteiger partial charge is 0.490 e. The quantitative estimate of drug-likeness (QED) is 0.625. The Morgan fingerprint density at radius 3 is 2.05 bits per heavy atom. The lowest BCUT2D eigenvalue weighted by Crippen LogP contribution is -2.49. The van der Waals surface area contributed by atoms with E-state index in [1.807, 2.05) is 26.0 Å². The highest BCUT2D eigenvalue weighted by Gasteiger charge is 2.39. The second-order valence-corrected chi connectivity index (χ2v) is 6.51. The molecule has 0 spiro atoms. The smallest absolute Gasteiger partial charge is 0.344 e. The van der Waals surface area contributed by atoms with Gasteiger partial charge in [0.05, 0.1) is 0 Å². The molecule has 0 aliphatic heterocycles. The SMILES string of the molecule is CC.CC(C)(C)OC(=O)C(C)(COc1ccc(Br)cc1)ON. The molecule has 1 aromatic rings. The maximum absolute atomic E-state index is 12.1. The lowest BCUT2D eigenvalue weighted by molar-refractivity contribution is -0.186. The van der Waals surface area contributed by atoms with E-state index in [-0.39, 0.29) is 6.61 Å². The van der Waals surface area contributed by atoms with Crippen LogP contribution in [0.1, 0.15) is 41.5 Å². The van der Waals surface area contributed by atoms with E-state index in [1.54, 1.807) is 32.9 Å². The van der Waals surface area contributed by atoms with Gasteiger partial charge in [0.25, 0.3) is 0 Å². The first-order valence-corrected chi connectivity index (χ1v) is 7.95. The lowest BCUT2D eigenvalue weighted by atomic mass is 10.1. The Labute approximate surface area is 141 Å². The van der Waals surface area contributed by atoms with Crippen LogP contribution in [0.5, 0.6) is 5.75 Å². The maximum atomic E-state index is 12.1. The van der Waals surface area contributed by atoms with Crippen LogP contribution in [0.25, 0.3) is 0 Å². The van der Waals surface area contributed by atoms with Crippen molar-refractivity contribution in [2.24, 2.45) is 5.90 Å². The van der Waals surface area contributed by atoms with Crippen LogP contribution in [0, 0.1) is 0 Å². The normalized spacial score (nSPS) is 13.5. The number of benzene rings is 1. The summed E-state index contributed by atoms with van der Waals surface area (Å²) in [5, 5.41) is 0. The predicted octanol–water partition coefficient (Wildman–Crippen LogP) is 3.84. The average Bonchev–Trinajstić information content (AvgIpc) is 2.46. The fourth-order valence-corrected chi connectivity index (χ4v) is 1.54. The Morgan fingerprint density at radius 1 is 1.14 bits per heavy atom. The first-order valence-electron chi connectivity index (χ1n) is 7.16. The molecular weight excluding hydrogens is 350 g/mol. The van der Waals surface area contributed by atoms with Gasteiger partial charge in [0.2, 0.25) is 5.60 Å². The van der Waals surface area contributed by atoms with Crippen molar-refractivity contribution in [3.63, 3.8) is 0 Å². The van der Waals surface area contributed by atoms with Gasteiger partial charge in [-0.05, 0) is 52.0 Å². The number of rotatable bonds is 5. The zero-order valence-electron chi connectivity index (χ0n) is 14.1. The molecule has 0 aromatic heterocycles. The Hall–Kier alpha value is -1.11. The molecule has 2 N–H and O–H groups in total. The summed E-state index contributed by atoms with van der Waals surface area (Å²) < 4.78 is 11.7. The highest BCUT2D eigenvalue weighted by Crippen LogP contribution is 2.20. The summed E-state index contributed by atoms with van der Waals surface area (Å²) in [5.74, 6) is 5.27. The highest BCUT2D eigenvalue weighted by atomic mass is 79.9. The molecule has 0 fully saturated rings. The van der Waals surface area contributed by atoms with Crippen molar-refractivity contribution < 1.29 is 19.1 Å². The molecule has 126 valence electrons. The Bertz CT molecular complexity index is 456. The minimum atomic E-state index is -1.36. The summed E-state index contributed by atoms with van der Waals surface area (Å²) in [6.07, 6.45) is 0. The Morgan fingerprint density at radius 2 is 1.64 bits per heavy atom. The first-order chi connectivity index (χ1) is 10.2. The second kappa shape index (κ2) is 9.12. The number of carbonyl (C=O) groups is 1. The van der Waals surface area contributed by atoms with E-state index in [1.165, 1.54) is 6.92 Å². The molecule has 0 aliphatic rings. The molecule has 1 rings (SSSR count). The second-order valence-electron chi connectivity index (χ2n) is 5.59. The van der Waals surface area contributed by atoms with Gasteiger partial charge in [0.15, 0.2) is 0 Å². The van der Waals surface area contributed by atoms with Gasteiger partial charge >= 0.3 is 5.97 Å². The average molecular weight is 376 g/mol. The van der Waals surface area contributed by atoms with Gasteiger partial charge < -0.3 is 9.47 Å². The fourth-order valence-electron chi connectivity index (χ4n) is 1.28. The Kier molecular flexibility index (Phi) is 8.66. The molecule has 1 atom stereocenters. The van der Waals surface area contributed by atoms with Crippen LogP contribution in [0.4, 0.5) is 0 Å². The van der Waals surface area contributed by atoms with Gasteiger partial charge in [-0.25, -0.2) is 10.7 Å². The van der Waals surface area contributed by atoms with Crippen LogP contribution >= 0.6 is 15.9 Å². The minimum absolute atomic E-state index is 0.0416. The van der Waals surface area contributed by atoms with Crippen molar-refractivity contribution in [1.82, 2.24) is 0 Å². The van der Waals surface area contributed by atoms with Gasteiger partial charge in [0, 0.05) is 4.47 Å². The topological polar surface area (TPSA) is 70.8 Å². The van der Waals surface area contributed by atoms with Gasteiger partial charge in [-0.3, -0.25) is 4.84 Å². The third kappa shape index (κ3) is 7.24. The minimum Gasteiger partial charge on any atom is -0.490 e. The van der Waals surface area contributed by atoms with E-state index < -0.39 is 17.2 Å². The van der Waals surface area contributed by atoms with Crippen molar-refractivity contribution >= 4 is 21.9 Å². The summed E-state index contributed by atoms with van der Waals surface area (Å²) in [5.41, 5.74) is -1.98. The van der Waals surface area contributed by atoms with Gasteiger partial charge in [0.1, 0.15) is 18.0 Å². The predicted molar refractivity (Wildman–Crippen MR) is 90.5 cm³/mol. The molecule has 5 nitrogen and oxygen atoms in total. The third-order valence-electron chi connectivity index (χ3n) is 2.42. The van der Waals surface area contributed by atoms with Crippen molar-refractivity contribution in [1.29, 1.82) is 0 Å². The number of nitrogens with two attached hydrogens (primary N) is 1. The van der Waals surface area contributed by atoms with E-state index in [4.69, 9.17) is 20.2 Å². The molecule has 22 heavy (non-hydrogen) atoms. The molecule has 0 heterocycles. The zero-order chi connectivity index (χ0) is 17.4. The van der Waals surface area contributed by atoms with Crippen LogP contribution in [-0.2, 0) is 14.4 Å².